The number of nitro benzene ring substituents is 1. The van der Waals surface area contributed by atoms with Crippen molar-refractivity contribution in [3.05, 3.63) is 39.7 Å². The summed E-state index contributed by atoms with van der Waals surface area (Å²) in [6, 6.07) is 0.685. The lowest BCUT2D eigenvalue weighted by molar-refractivity contribution is -0.386. The van der Waals surface area contributed by atoms with Crippen molar-refractivity contribution in [3.8, 4) is 0 Å². The summed E-state index contributed by atoms with van der Waals surface area (Å²) in [5.41, 5.74) is 4.14. The molecule has 0 aliphatic heterocycles. The van der Waals surface area contributed by atoms with Crippen molar-refractivity contribution < 1.29 is 22.5 Å². The van der Waals surface area contributed by atoms with E-state index in [0.717, 1.165) is 12.1 Å². The van der Waals surface area contributed by atoms with Gasteiger partial charge in [-0.15, -0.1) is 12.4 Å². The molecule has 1 atom stereocenters. The lowest BCUT2D eigenvalue weighted by atomic mass is 10.0. The topological polar surface area (TPSA) is 69.2 Å². The van der Waals surface area contributed by atoms with E-state index in [9.17, 15) is 27.7 Å². The van der Waals surface area contributed by atoms with Gasteiger partial charge in [0, 0.05) is 11.6 Å². The van der Waals surface area contributed by atoms with Crippen LogP contribution >= 0.6 is 12.4 Å². The Hall–Kier alpha value is -1.41. The lowest BCUT2D eigenvalue weighted by Gasteiger charge is -2.14. The molecule has 0 aromatic heterocycles. The zero-order chi connectivity index (χ0) is 13.2. The number of rotatable bonds is 3. The molecule has 0 bridgehead atoms. The first kappa shape index (κ1) is 16.6. The van der Waals surface area contributed by atoms with Crippen LogP contribution in [0.5, 0.6) is 0 Å². The minimum Gasteiger partial charge on any atom is -0.323 e. The Labute approximate surface area is 105 Å². The summed E-state index contributed by atoms with van der Waals surface area (Å²) in [6.45, 7) is 0. The van der Waals surface area contributed by atoms with Crippen molar-refractivity contribution in [2.24, 2.45) is 5.73 Å². The molecular formula is C9H9ClF4N2O2. The van der Waals surface area contributed by atoms with Crippen LogP contribution in [0, 0.1) is 15.9 Å². The molecule has 0 saturated carbocycles. The highest BCUT2D eigenvalue weighted by atomic mass is 35.5. The Morgan fingerprint density at radius 3 is 2.39 bits per heavy atom. The first-order chi connectivity index (χ1) is 7.70. The van der Waals surface area contributed by atoms with Gasteiger partial charge in [-0.3, -0.25) is 10.1 Å². The van der Waals surface area contributed by atoms with E-state index >= 15 is 0 Å². The summed E-state index contributed by atoms with van der Waals surface area (Å²) in [4.78, 5) is 9.58. The highest BCUT2D eigenvalue weighted by Crippen LogP contribution is 2.32. The summed E-state index contributed by atoms with van der Waals surface area (Å²) < 4.78 is 49.0. The number of nitrogens with two attached hydrogens (primary N) is 1. The van der Waals surface area contributed by atoms with Crippen molar-refractivity contribution in [3.63, 3.8) is 0 Å². The lowest BCUT2D eigenvalue weighted by Crippen LogP contribution is -2.21. The van der Waals surface area contributed by atoms with Gasteiger partial charge in [-0.2, -0.15) is 13.2 Å². The molecule has 0 unspecified atom stereocenters. The number of hydrogen-bond donors (Lipinski definition) is 1. The first-order valence-corrected chi connectivity index (χ1v) is 4.47. The summed E-state index contributed by atoms with van der Waals surface area (Å²) in [7, 11) is 0. The molecule has 0 aliphatic rings. The SMILES string of the molecule is Cl.N[C@@H](CC(F)(F)F)c1ccc(F)cc1[N+](=O)[O-]. The molecule has 1 rings (SSSR count). The van der Waals surface area contributed by atoms with Gasteiger partial charge in [0.1, 0.15) is 5.82 Å². The zero-order valence-electron chi connectivity index (χ0n) is 8.78. The molecule has 0 heterocycles. The summed E-state index contributed by atoms with van der Waals surface area (Å²) >= 11 is 0. The first-order valence-electron chi connectivity index (χ1n) is 4.47. The fraction of sp³-hybridized carbons (Fsp3) is 0.333. The van der Waals surface area contributed by atoms with Crippen molar-refractivity contribution >= 4 is 18.1 Å². The largest absolute Gasteiger partial charge is 0.390 e. The van der Waals surface area contributed by atoms with Gasteiger partial charge in [-0.05, 0) is 12.1 Å². The molecule has 0 radical (unpaired) electrons. The van der Waals surface area contributed by atoms with E-state index in [1.165, 1.54) is 0 Å². The Balaban J connectivity index is 0.00000289. The van der Waals surface area contributed by atoms with E-state index in [-0.39, 0.29) is 18.0 Å². The predicted octanol–water partition coefficient (Wildman–Crippen LogP) is 3.11. The molecule has 1 aromatic rings. The Morgan fingerprint density at radius 2 is 1.94 bits per heavy atom. The molecular weight excluding hydrogens is 280 g/mol. The molecule has 0 aliphatic carbocycles. The monoisotopic (exact) mass is 288 g/mol. The van der Waals surface area contributed by atoms with E-state index in [1.807, 2.05) is 0 Å². The molecule has 102 valence electrons. The van der Waals surface area contributed by atoms with E-state index < -0.39 is 35.1 Å². The third kappa shape index (κ3) is 4.46. The third-order valence-electron chi connectivity index (χ3n) is 2.04. The maximum atomic E-state index is 12.7. The molecule has 4 nitrogen and oxygen atoms in total. The van der Waals surface area contributed by atoms with Crippen LogP contribution < -0.4 is 5.73 Å². The Bertz CT molecular complexity index is 439. The van der Waals surface area contributed by atoms with Gasteiger partial charge < -0.3 is 5.73 Å². The molecule has 0 saturated heterocycles. The minimum atomic E-state index is -4.54. The van der Waals surface area contributed by atoms with Crippen molar-refractivity contribution in [1.29, 1.82) is 0 Å². The van der Waals surface area contributed by atoms with Gasteiger partial charge in [0.15, 0.2) is 0 Å². The standard InChI is InChI=1S/C9H8F4N2O2.ClH/c10-5-1-2-6(8(3-5)15(16)17)7(14)4-9(11,12)13;/h1-3,7H,4,14H2;1H/t7-;/m0./s1. The smallest absolute Gasteiger partial charge is 0.323 e. The minimum absolute atomic E-state index is 0. The average Bonchev–Trinajstić information content (AvgIpc) is 2.14. The predicted molar refractivity (Wildman–Crippen MR) is 57.9 cm³/mol. The maximum absolute atomic E-state index is 12.7. The average molecular weight is 289 g/mol. The second-order valence-corrected chi connectivity index (χ2v) is 3.39. The highest BCUT2D eigenvalue weighted by molar-refractivity contribution is 5.85. The van der Waals surface area contributed by atoms with Crippen LogP contribution in [0.15, 0.2) is 18.2 Å². The fourth-order valence-corrected chi connectivity index (χ4v) is 1.35. The summed E-state index contributed by atoms with van der Waals surface area (Å²) in [5, 5.41) is 10.5. The van der Waals surface area contributed by atoms with Crippen LogP contribution in [0.3, 0.4) is 0 Å². The van der Waals surface area contributed by atoms with Crippen LogP contribution in [0.2, 0.25) is 0 Å². The van der Waals surface area contributed by atoms with E-state index in [4.69, 9.17) is 5.73 Å². The van der Waals surface area contributed by atoms with Crippen LogP contribution in [0.4, 0.5) is 23.2 Å². The van der Waals surface area contributed by atoms with Gasteiger partial charge in [0.25, 0.3) is 5.69 Å². The molecule has 18 heavy (non-hydrogen) atoms. The fourth-order valence-electron chi connectivity index (χ4n) is 1.35. The van der Waals surface area contributed by atoms with E-state index in [2.05, 4.69) is 0 Å². The maximum Gasteiger partial charge on any atom is 0.390 e. The van der Waals surface area contributed by atoms with Crippen molar-refractivity contribution in [1.82, 2.24) is 0 Å². The Kier molecular flexibility index (Phi) is 5.50. The van der Waals surface area contributed by atoms with Crippen LogP contribution in [0.25, 0.3) is 0 Å². The van der Waals surface area contributed by atoms with Crippen molar-refractivity contribution in [2.75, 3.05) is 0 Å². The second-order valence-electron chi connectivity index (χ2n) is 3.39. The summed E-state index contributed by atoms with van der Waals surface area (Å²) in [6.07, 6.45) is -5.94. The van der Waals surface area contributed by atoms with Crippen LogP contribution in [-0.4, -0.2) is 11.1 Å². The molecule has 9 heteroatoms. The second kappa shape index (κ2) is 5.96. The molecule has 1 aromatic carbocycles. The van der Waals surface area contributed by atoms with Crippen LogP contribution in [0.1, 0.15) is 18.0 Å². The number of benzene rings is 1. The van der Waals surface area contributed by atoms with E-state index in [1.54, 1.807) is 0 Å². The van der Waals surface area contributed by atoms with Crippen LogP contribution in [-0.2, 0) is 0 Å². The number of nitro groups is 1. The summed E-state index contributed by atoms with van der Waals surface area (Å²) in [5.74, 6) is -0.903. The number of alkyl halides is 3. The van der Waals surface area contributed by atoms with Gasteiger partial charge in [-0.1, -0.05) is 0 Å². The molecule has 0 fully saturated rings. The number of halogens is 5. The third-order valence-corrected chi connectivity index (χ3v) is 2.04. The highest BCUT2D eigenvalue weighted by Gasteiger charge is 2.33. The molecule has 0 amide bonds. The molecule has 0 spiro atoms. The van der Waals surface area contributed by atoms with E-state index in [0.29, 0.717) is 6.07 Å². The Morgan fingerprint density at radius 1 is 1.39 bits per heavy atom. The number of nitrogens with zero attached hydrogens (tertiary/aromatic N) is 1. The van der Waals surface area contributed by atoms with Gasteiger partial charge in [0.2, 0.25) is 0 Å². The quantitative estimate of drug-likeness (QED) is 0.528. The molecule has 2 N–H and O–H groups in total. The van der Waals surface area contributed by atoms with Gasteiger partial charge >= 0.3 is 6.18 Å². The van der Waals surface area contributed by atoms with Gasteiger partial charge in [-0.25, -0.2) is 4.39 Å². The normalized spacial score (nSPS) is 12.7. The zero-order valence-corrected chi connectivity index (χ0v) is 9.59. The van der Waals surface area contributed by atoms with Gasteiger partial charge in [0.05, 0.1) is 17.4 Å². The van der Waals surface area contributed by atoms with Crippen molar-refractivity contribution in [2.45, 2.75) is 18.6 Å². The number of hydrogen-bond acceptors (Lipinski definition) is 3.